The van der Waals surface area contributed by atoms with Gasteiger partial charge in [0.25, 0.3) is 0 Å². The van der Waals surface area contributed by atoms with E-state index in [0.29, 0.717) is 18.5 Å². The molecule has 1 N–H and O–H groups in total. The molecule has 2 rings (SSSR count). The lowest BCUT2D eigenvalue weighted by Gasteiger charge is -2.28. The molecule has 0 saturated carbocycles. The number of carbonyl (C=O) groups is 2. The van der Waals surface area contributed by atoms with Crippen LogP contribution in [0.5, 0.6) is 0 Å². The van der Waals surface area contributed by atoms with Gasteiger partial charge in [0.1, 0.15) is 17.5 Å². The second-order valence-electron chi connectivity index (χ2n) is 7.42. The lowest BCUT2D eigenvalue weighted by atomic mass is 10.1. The predicted octanol–water partition coefficient (Wildman–Crippen LogP) is 3.74. The maximum atomic E-state index is 13.9. The molecule has 1 fully saturated rings. The molecule has 0 aromatic heterocycles. The zero-order valence-corrected chi connectivity index (χ0v) is 15.7. The van der Waals surface area contributed by atoms with Crippen LogP contribution in [0.1, 0.15) is 39.7 Å². The molecule has 1 aliphatic heterocycles. The Bertz CT molecular complexity index is 660. The largest absolute Gasteiger partial charge is 0.444 e. The van der Waals surface area contributed by atoms with E-state index in [-0.39, 0.29) is 23.4 Å². The normalized spacial score (nSPS) is 20.5. The number of halogens is 2. The van der Waals surface area contributed by atoms with Crippen molar-refractivity contribution in [1.82, 2.24) is 10.2 Å². The highest BCUT2D eigenvalue weighted by atomic mass is 35.5. The maximum Gasteiger partial charge on any atom is 0.410 e. The second kappa shape index (κ2) is 7.60. The van der Waals surface area contributed by atoms with Gasteiger partial charge in [0, 0.05) is 18.7 Å². The Hall–Kier alpha value is -1.82. The summed E-state index contributed by atoms with van der Waals surface area (Å²) >= 11 is 5.74. The summed E-state index contributed by atoms with van der Waals surface area (Å²) < 4.78 is 19.3. The molecule has 2 amide bonds. The first-order valence-corrected chi connectivity index (χ1v) is 8.66. The van der Waals surface area contributed by atoms with E-state index in [1.165, 1.54) is 11.0 Å². The van der Waals surface area contributed by atoms with E-state index < -0.39 is 23.6 Å². The smallest absolute Gasteiger partial charge is 0.410 e. The fraction of sp³-hybridized carbons (Fsp3) is 0.556. The third-order valence-corrected chi connectivity index (χ3v) is 4.22. The molecular formula is C18H24ClFN2O3. The first kappa shape index (κ1) is 19.5. The SMILES string of the molecule is C[C@@H]1C[C@H](C(=O)NCc2cccc(Cl)c2F)N(C(=O)OC(C)(C)C)C1. The van der Waals surface area contributed by atoms with E-state index in [0.717, 1.165) is 0 Å². The van der Waals surface area contributed by atoms with Gasteiger partial charge in [-0.3, -0.25) is 9.69 Å². The van der Waals surface area contributed by atoms with Crippen LogP contribution in [0.2, 0.25) is 5.02 Å². The molecule has 1 aliphatic rings. The molecule has 138 valence electrons. The molecule has 5 nitrogen and oxygen atoms in total. The molecule has 0 spiro atoms. The molecule has 7 heteroatoms. The van der Waals surface area contributed by atoms with Crippen LogP contribution in [0.25, 0.3) is 0 Å². The van der Waals surface area contributed by atoms with Gasteiger partial charge in [-0.15, -0.1) is 0 Å². The van der Waals surface area contributed by atoms with E-state index in [1.54, 1.807) is 32.9 Å². The summed E-state index contributed by atoms with van der Waals surface area (Å²) in [6.07, 6.45) is 0.0364. The van der Waals surface area contributed by atoms with Gasteiger partial charge >= 0.3 is 6.09 Å². The monoisotopic (exact) mass is 370 g/mol. The molecule has 1 saturated heterocycles. The predicted molar refractivity (Wildman–Crippen MR) is 93.8 cm³/mol. The Labute approximate surface area is 152 Å². The summed E-state index contributed by atoms with van der Waals surface area (Å²) in [4.78, 5) is 26.3. The van der Waals surface area contributed by atoms with Crippen LogP contribution in [0.3, 0.4) is 0 Å². The lowest BCUT2D eigenvalue weighted by molar-refractivity contribution is -0.125. The fourth-order valence-electron chi connectivity index (χ4n) is 2.80. The quantitative estimate of drug-likeness (QED) is 0.881. The van der Waals surface area contributed by atoms with E-state index in [2.05, 4.69) is 5.32 Å². The molecule has 0 radical (unpaired) electrons. The molecule has 1 aromatic carbocycles. The fourth-order valence-corrected chi connectivity index (χ4v) is 3.00. The summed E-state index contributed by atoms with van der Waals surface area (Å²) in [7, 11) is 0. The number of carbonyl (C=O) groups excluding carboxylic acids is 2. The number of nitrogens with zero attached hydrogens (tertiary/aromatic N) is 1. The van der Waals surface area contributed by atoms with Crippen molar-refractivity contribution in [3.63, 3.8) is 0 Å². The molecule has 25 heavy (non-hydrogen) atoms. The number of nitrogens with one attached hydrogen (secondary N) is 1. The summed E-state index contributed by atoms with van der Waals surface area (Å²) in [5.41, 5.74) is -0.330. The first-order chi connectivity index (χ1) is 11.6. The number of hydrogen-bond donors (Lipinski definition) is 1. The van der Waals surface area contributed by atoms with E-state index in [1.807, 2.05) is 6.92 Å². The molecule has 2 atom stereocenters. The molecular weight excluding hydrogens is 347 g/mol. The van der Waals surface area contributed by atoms with Crippen molar-refractivity contribution in [3.05, 3.63) is 34.6 Å². The van der Waals surface area contributed by atoms with Crippen molar-refractivity contribution in [2.75, 3.05) is 6.54 Å². The highest BCUT2D eigenvalue weighted by Crippen LogP contribution is 2.25. The number of amides is 2. The standard InChI is InChI=1S/C18H24ClFN2O3/c1-11-8-14(22(10-11)17(24)25-18(2,3)4)16(23)21-9-12-6-5-7-13(19)15(12)20/h5-7,11,14H,8-10H2,1-4H3,(H,21,23)/t11-,14-/m1/s1. The van der Waals surface area contributed by atoms with Gasteiger partial charge in [0.15, 0.2) is 0 Å². The lowest BCUT2D eigenvalue weighted by Crippen LogP contribution is -2.47. The number of ether oxygens (including phenoxy) is 1. The molecule has 0 bridgehead atoms. The molecule has 1 aromatic rings. The van der Waals surface area contributed by atoms with Gasteiger partial charge in [-0.1, -0.05) is 30.7 Å². The Morgan fingerprint density at radius 2 is 2.08 bits per heavy atom. The van der Waals surface area contributed by atoms with Gasteiger partial charge in [0.2, 0.25) is 5.91 Å². The summed E-state index contributed by atoms with van der Waals surface area (Å²) in [5.74, 6) is -0.686. The van der Waals surface area contributed by atoms with Crippen molar-refractivity contribution in [1.29, 1.82) is 0 Å². The Morgan fingerprint density at radius 3 is 2.72 bits per heavy atom. The van der Waals surface area contributed by atoms with Gasteiger partial charge in [-0.2, -0.15) is 0 Å². The van der Waals surface area contributed by atoms with Crippen LogP contribution < -0.4 is 5.32 Å². The zero-order valence-electron chi connectivity index (χ0n) is 14.9. The van der Waals surface area contributed by atoms with E-state index >= 15 is 0 Å². The Balaban J connectivity index is 2.03. The molecule has 1 heterocycles. The minimum Gasteiger partial charge on any atom is -0.444 e. The highest BCUT2D eigenvalue weighted by Gasteiger charge is 2.39. The van der Waals surface area contributed by atoms with Crippen LogP contribution in [-0.2, 0) is 16.1 Å². The van der Waals surface area contributed by atoms with E-state index in [4.69, 9.17) is 16.3 Å². The highest BCUT2D eigenvalue weighted by molar-refractivity contribution is 6.30. The number of likely N-dealkylation sites (tertiary alicyclic amines) is 1. The van der Waals surface area contributed by atoms with Crippen LogP contribution in [-0.4, -0.2) is 35.1 Å². The second-order valence-corrected chi connectivity index (χ2v) is 7.83. The number of benzene rings is 1. The third kappa shape index (κ3) is 5.08. The average molecular weight is 371 g/mol. The van der Waals surface area contributed by atoms with Crippen molar-refractivity contribution in [3.8, 4) is 0 Å². The summed E-state index contributed by atoms with van der Waals surface area (Å²) in [6, 6.07) is 4.01. The van der Waals surface area contributed by atoms with Crippen molar-refractivity contribution >= 4 is 23.6 Å². The first-order valence-electron chi connectivity index (χ1n) is 8.28. The minimum absolute atomic E-state index is 0.0108. The number of rotatable bonds is 3. The minimum atomic E-state index is -0.631. The van der Waals surface area contributed by atoms with Crippen LogP contribution in [0.15, 0.2) is 18.2 Å². The van der Waals surface area contributed by atoms with Gasteiger partial charge < -0.3 is 10.1 Å². The average Bonchev–Trinajstić information content (AvgIpc) is 2.89. The topological polar surface area (TPSA) is 58.6 Å². The third-order valence-electron chi connectivity index (χ3n) is 3.93. The number of hydrogen-bond acceptors (Lipinski definition) is 3. The maximum absolute atomic E-state index is 13.9. The van der Waals surface area contributed by atoms with Gasteiger partial charge in [-0.25, -0.2) is 9.18 Å². The van der Waals surface area contributed by atoms with Gasteiger partial charge in [-0.05, 0) is 39.2 Å². The van der Waals surface area contributed by atoms with Crippen LogP contribution >= 0.6 is 11.6 Å². The van der Waals surface area contributed by atoms with Crippen LogP contribution in [0, 0.1) is 11.7 Å². The van der Waals surface area contributed by atoms with Crippen molar-refractivity contribution in [2.45, 2.75) is 52.3 Å². The van der Waals surface area contributed by atoms with Gasteiger partial charge in [0.05, 0.1) is 5.02 Å². The molecule has 0 aliphatic carbocycles. The van der Waals surface area contributed by atoms with Crippen molar-refractivity contribution in [2.24, 2.45) is 5.92 Å². The molecule has 0 unspecified atom stereocenters. The Morgan fingerprint density at radius 1 is 1.40 bits per heavy atom. The Kier molecular flexibility index (Phi) is 5.93. The summed E-state index contributed by atoms with van der Waals surface area (Å²) in [6.45, 7) is 7.78. The summed E-state index contributed by atoms with van der Waals surface area (Å²) in [5, 5.41) is 2.70. The van der Waals surface area contributed by atoms with E-state index in [9.17, 15) is 14.0 Å². The van der Waals surface area contributed by atoms with Crippen LogP contribution in [0.4, 0.5) is 9.18 Å². The zero-order chi connectivity index (χ0) is 18.8. The van der Waals surface area contributed by atoms with Crippen molar-refractivity contribution < 1.29 is 18.7 Å².